The predicted octanol–water partition coefficient (Wildman–Crippen LogP) is 4.36. The van der Waals surface area contributed by atoms with Crippen LogP contribution in [0.3, 0.4) is 0 Å². The topological polar surface area (TPSA) is 54.0 Å². The lowest BCUT2D eigenvalue weighted by Gasteiger charge is -2.40. The van der Waals surface area contributed by atoms with Crippen molar-refractivity contribution in [3.8, 4) is 11.5 Å². The standard InChI is InChI=1S/C26H26ClN3O3/c27-21-9-6-19(7-10-21)26(31)28-17-23(20-8-11-24-25(16-20)33-18-32-24)30-14-12-29(13-15-30)22-4-2-1-3-5-22/h1-11,16,23H,12-15,17-18H2,(H,28,31)/t23-/m0/s1. The van der Waals surface area contributed by atoms with Gasteiger partial charge in [-0.1, -0.05) is 35.9 Å². The van der Waals surface area contributed by atoms with E-state index in [1.807, 2.05) is 18.2 Å². The SMILES string of the molecule is O=C(NC[C@@H](c1ccc2c(c1)OCO2)N1CCN(c2ccccc2)CC1)c1ccc(Cl)cc1. The van der Waals surface area contributed by atoms with Crippen molar-refractivity contribution in [1.82, 2.24) is 10.2 Å². The van der Waals surface area contributed by atoms with E-state index in [0.29, 0.717) is 17.1 Å². The maximum absolute atomic E-state index is 12.8. The Kier molecular flexibility index (Phi) is 6.37. The zero-order valence-corrected chi connectivity index (χ0v) is 19.0. The summed E-state index contributed by atoms with van der Waals surface area (Å²) in [6, 6.07) is 23.5. The number of nitrogens with one attached hydrogen (secondary N) is 1. The van der Waals surface area contributed by atoms with Crippen molar-refractivity contribution in [3.05, 3.63) is 88.9 Å². The van der Waals surface area contributed by atoms with Gasteiger partial charge in [-0.15, -0.1) is 0 Å². The lowest BCUT2D eigenvalue weighted by Crippen LogP contribution is -2.50. The Balaban J connectivity index is 1.32. The minimum absolute atomic E-state index is 0.0219. The first kappa shape index (κ1) is 21.6. The number of piperazine rings is 1. The molecule has 2 aliphatic rings. The molecule has 170 valence electrons. The van der Waals surface area contributed by atoms with E-state index < -0.39 is 0 Å². The van der Waals surface area contributed by atoms with Crippen LogP contribution in [0.1, 0.15) is 22.0 Å². The molecule has 2 heterocycles. The monoisotopic (exact) mass is 463 g/mol. The molecule has 1 N–H and O–H groups in total. The van der Waals surface area contributed by atoms with Gasteiger partial charge in [-0.3, -0.25) is 9.69 Å². The molecule has 0 aliphatic carbocycles. The number of fused-ring (bicyclic) bond motifs is 1. The number of halogens is 1. The van der Waals surface area contributed by atoms with Gasteiger partial charge in [0.15, 0.2) is 11.5 Å². The molecule has 3 aromatic rings. The number of rotatable bonds is 6. The van der Waals surface area contributed by atoms with Crippen LogP contribution in [0.15, 0.2) is 72.8 Å². The Morgan fingerprint density at radius 1 is 0.909 bits per heavy atom. The number of anilines is 1. The van der Waals surface area contributed by atoms with Gasteiger partial charge in [-0.2, -0.15) is 0 Å². The first-order valence-electron chi connectivity index (χ1n) is 11.1. The summed E-state index contributed by atoms with van der Waals surface area (Å²) in [6.45, 7) is 4.38. The van der Waals surface area contributed by atoms with Crippen LogP contribution in [0.2, 0.25) is 5.02 Å². The molecule has 6 nitrogen and oxygen atoms in total. The number of ether oxygens (including phenoxy) is 2. The second-order valence-corrected chi connectivity index (χ2v) is 8.64. The molecule has 0 spiro atoms. The van der Waals surface area contributed by atoms with Crippen LogP contribution >= 0.6 is 11.6 Å². The molecule has 3 aromatic carbocycles. The Hall–Kier alpha value is -3.22. The van der Waals surface area contributed by atoms with Gasteiger partial charge >= 0.3 is 0 Å². The smallest absolute Gasteiger partial charge is 0.251 e. The highest BCUT2D eigenvalue weighted by atomic mass is 35.5. The second kappa shape index (κ2) is 9.73. The van der Waals surface area contributed by atoms with E-state index in [2.05, 4.69) is 45.4 Å². The Labute approximate surface area is 198 Å². The number of benzene rings is 3. The van der Waals surface area contributed by atoms with Crippen LogP contribution in [0.25, 0.3) is 0 Å². The minimum Gasteiger partial charge on any atom is -0.454 e. The van der Waals surface area contributed by atoms with Gasteiger partial charge in [-0.05, 0) is 54.1 Å². The molecule has 33 heavy (non-hydrogen) atoms. The van der Waals surface area contributed by atoms with Gasteiger partial charge in [0.05, 0.1) is 6.04 Å². The fourth-order valence-corrected chi connectivity index (χ4v) is 4.53. The van der Waals surface area contributed by atoms with Crippen molar-refractivity contribution in [1.29, 1.82) is 0 Å². The van der Waals surface area contributed by atoms with Crippen LogP contribution in [0, 0.1) is 0 Å². The van der Waals surface area contributed by atoms with Gasteiger partial charge in [0.1, 0.15) is 0 Å². The van der Waals surface area contributed by atoms with Crippen molar-refractivity contribution in [2.75, 3.05) is 44.4 Å². The summed E-state index contributed by atoms with van der Waals surface area (Å²) >= 11 is 5.96. The Morgan fingerprint density at radius 2 is 1.64 bits per heavy atom. The molecule has 1 saturated heterocycles. The molecule has 0 radical (unpaired) electrons. The molecule has 0 saturated carbocycles. The zero-order valence-electron chi connectivity index (χ0n) is 18.2. The third-order valence-electron chi connectivity index (χ3n) is 6.22. The van der Waals surface area contributed by atoms with Crippen molar-refractivity contribution in [2.24, 2.45) is 0 Å². The summed E-state index contributed by atoms with van der Waals surface area (Å²) in [5, 5.41) is 3.73. The number of carbonyl (C=O) groups is 1. The number of nitrogens with zero attached hydrogens (tertiary/aromatic N) is 2. The quantitative estimate of drug-likeness (QED) is 0.588. The third-order valence-corrected chi connectivity index (χ3v) is 6.47. The summed E-state index contributed by atoms with van der Waals surface area (Å²) in [7, 11) is 0. The van der Waals surface area contributed by atoms with Gasteiger partial charge in [-0.25, -0.2) is 0 Å². The number of hydrogen-bond donors (Lipinski definition) is 1. The molecule has 2 aliphatic heterocycles. The van der Waals surface area contributed by atoms with Crippen LogP contribution in [-0.4, -0.2) is 50.3 Å². The van der Waals surface area contributed by atoms with E-state index >= 15 is 0 Å². The van der Waals surface area contributed by atoms with Gasteiger partial charge in [0.25, 0.3) is 5.91 Å². The molecule has 1 atom stereocenters. The van der Waals surface area contributed by atoms with Gasteiger partial charge in [0, 0.05) is 49.0 Å². The average molecular weight is 464 g/mol. The van der Waals surface area contributed by atoms with E-state index in [4.69, 9.17) is 21.1 Å². The summed E-state index contributed by atoms with van der Waals surface area (Å²) in [5.74, 6) is 1.40. The maximum atomic E-state index is 12.8. The van der Waals surface area contributed by atoms with Crippen LogP contribution in [0.4, 0.5) is 5.69 Å². The van der Waals surface area contributed by atoms with E-state index in [1.165, 1.54) is 5.69 Å². The highest BCUT2D eigenvalue weighted by molar-refractivity contribution is 6.30. The Morgan fingerprint density at radius 3 is 2.39 bits per heavy atom. The third kappa shape index (κ3) is 4.92. The molecule has 5 rings (SSSR count). The molecular weight excluding hydrogens is 438 g/mol. The highest BCUT2D eigenvalue weighted by Gasteiger charge is 2.27. The fraction of sp³-hybridized carbons (Fsp3) is 0.269. The molecule has 7 heteroatoms. The summed E-state index contributed by atoms with van der Waals surface area (Å²) in [6.07, 6.45) is 0. The normalized spacial score (nSPS) is 16.5. The van der Waals surface area contributed by atoms with Crippen LogP contribution in [-0.2, 0) is 0 Å². The van der Waals surface area contributed by atoms with Crippen molar-refractivity contribution in [3.63, 3.8) is 0 Å². The van der Waals surface area contributed by atoms with Gasteiger partial charge in [0.2, 0.25) is 6.79 Å². The molecule has 1 amide bonds. The molecule has 0 aromatic heterocycles. The van der Waals surface area contributed by atoms with E-state index in [9.17, 15) is 4.79 Å². The lowest BCUT2D eigenvalue weighted by molar-refractivity contribution is 0.0930. The number of amides is 1. The maximum Gasteiger partial charge on any atom is 0.251 e. The first-order valence-corrected chi connectivity index (χ1v) is 11.5. The van der Waals surface area contributed by atoms with Crippen LogP contribution < -0.4 is 19.7 Å². The van der Waals surface area contributed by atoms with Crippen molar-refractivity contribution >= 4 is 23.2 Å². The number of para-hydroxylation sites is 1. The molecule has 0 bridgehead atoms. The summed E-state index contributed by atoms with van der Waals surface area (Å²) in [5.41, 5.74) is 2.94. The van der Waals surface area contributed by atoms with Crippen LogP contribution in [0.5, 0.6) is 11.5 Å². The largest absolute Gasteiger partial charge is 0.454 e. The number of hydrogen-bond acceptors (Lipinski definition) is 5. The van der Waals surface area contributed by atoms with E-state index in [1.54, 1.807) is 24.3 Å². The minimum atomic E-state index is -0.111. The molecular formula is C26H26ClN3O3. The molecule has 0 unspecified atom stereocenters. The summed E-state index contributed by atoms with van der Waals surface area (Å²) < 4.78 is 11.1. The second-order valence-electron chi connectivity index (χ2n) is 8.20. The van der Waals surface area contributed by atoms with Gasteiger partial charge < -0.3 is 19.7 Å². The average Bonchev–Trinajstić information content (AvgIpc) is 3.33. The van der Waals surface area contributed by atoms with E-state index in [-0.39, 0.29) is 18.7 Å². The highest BCUT2D eigenvalue weighted by Crippen LogP contribution is 2.35. The lowest BCUT2D eigenvalue weighted by atomic mass is 10.0. The van der Waals surface area contributed by atoms with Crippen molar-refractivity contribution < 1.29 is 14.3 Å². The first-order chi connectivity index (χ1) is 16.2. The number of carbonyl (C=O) groups excluding carboxylic acids is 1. The molecule has 1 fully saturated rings. The Bertz CT molecular complexity index is 1100. The fourth-order valence-electron chi connectivity index (χ4n) is 4.40. The summed E-state index contributed by atoms with van der Waals surface area (Å²) in [4.78, 5) is 17.6. The van der Waals surface area contributed by atoms with E-state index in [0.717, 1.165) is 43.2 Å². The van der Waals surface area contributed by atoms with Crippen molar-refractivity contribution in [2.45, 2.75) is 6.04 Å². The predicted molar refractivity (Wildman–Crippen MR) is 129 cm³/mol. The zero-order chi connectivity index (χ0) is 22.6.